The fourth-order valence-electron chi connectivity index (χ4n) is 3.96. The number of carbonyl (C=O) groups is 1. The van der Waals surface area contributed by atoms with Crippen LogP contribution in [0.2, 0.25) is 0 Å². The molecule has 0 saturated carbocycles. The molecule has 1 aromatic heterocycles. The molecule has 0 aliphatic carbocycles. The number of benzene rings is 2. The average Bonchev–Trinajstić information content (AvgIpc) is 3.14. The largest absolute Gasteiger partial charge is 0.423 e. The normalized spacial score (nSPS) is 16.3. The van der Waals surface area contributed by atoms with Gasteiger partial charge in [0.1, 0.15) is 5.52 Å². The van der Waals surface area contributed by atoms with Crippen LogP contribution in [0.25, 0.3) is 11.1 Å². The van der Waals surface area contributed by atoms with Crippen LogP contribution in [0, 0.1) is 19.8 Å². The summed E-state index contributed by atoms with van der Waals surface area (Å²) >= 11 is 0. The molecular formula is C23H27N3O2. The number of rotatable bonds is 4. The number of para-hydroxylation sites is 2. The standard InChI is InChI=1S/C23H27N3O2/c1-15-8-9-16(2)19(14-15)17(3)24-22(27)18-10-12-26(13-11-18)23-25-20-6-4-5-7-21(20)28-23/h4-9,14,17-18H,10-13H2,1-3H3,(H,24,27). The molecule has 4 rings (SSSR count). The van der Waals surface area contributed by atoms with E-state index in [1.807, 2.05) is 24.3 Å². The Morgan fingerprint density at radius 2 is 1.93 bits per heavy atom. The number of carbonyl (C=O) groups excluding carboxylic acids is 1. The van der Waals surface area contributed by atoms with Gasteiger partial charge in [0.05, 0.1) is 6.04 Å². The van der Waals surface area contributed by atoms with Crippen molar-refractivity contribution in [1.29, 1.82) is 0 Å². The van der Waals surface area contributed by atoms with E-state index in [1.165, 1.54) is 16.7 Å². The quantitative estimate of drug-likeness (QED) is 0.725. The molecule has 1 fully saturated rings. The lowest BCUT2D eigenvalue weighted by molar-refractivity contribution is -0.126. The minimum Gasteiger partial charge on any atom is -0.423 e. The number of hydrogen-bond donors (Lipinski definition) is 1. The van der Waals surface area contributed by atoms with E-state index in [0.29, 0.717) is 6.01 Å². The minimum absolute atomic E-state index is 0.0162. The summed E-state index contributed by atoms with van der Waals surface area (Å²) in [5, 5.41) is 3.21. The number of nitrogens with one attached hydrogen (secondary N) is 1. The van der Waals surface area contributed by atoms with Crippen LogP contribution in [0.3, 0.4) is 0 Å². The Morgan fingerprint density at radius 1 is 1.18 bits per heavy atom. The van der Waals surface area contributed by atoms with Crippen molar-refractivity contribution in [3.63, 3.8) is 0 Å². The van der Waals surface area contributed by atoms with Gasteiger partial charge in [-0.2, -0.15) is 4.98 Å². The van der Waals surface area contributed by atoms with E-state index in [4.69, 9.17) is 4.42 Å². The summed E-state index contributed by atoms with van der Waals surface area (Å²) in [5.41, 5.74) is 5.30. The minimum atomic E-state index is 0.0162. The fraction of sp³-hybridized carbons (Fsp3) is 0.391. The molecule has 3 aromatic rings. The molecule has 1 amide bonds. The fourth-order valence-corrected chi connectivity index (χ4v) is 3.96. The van der Waals surface area contributed by atoms with E-state index in [-0.39, 0.29) is 17.9 Å². The van der Waals surface area contributed by atoms with Crippen LogP contribution >= 0.6 is 0 Å². The van der Waals surface area contributed by atoms with E-state index in [2.05, 4.69) is 54.2 Å². The Balaban J connectivity index is 1.36. The monoisotopic (exact) mass is 377 g/mol. The molecule has 1 atom stereocenters. The summed E-state index contributed by atoms with van der Waals surface area (Å²) in [7, 11) is 0. The summed E-state index contributed by atoms with van der Waals surface area (Å²) in [6.45, 7) is 7.80. The van der Waals surface area contributed by atoms with Gasteiger partial charge in [0.25, 0.3) is 6.01 Å². The number of nitrogens with zero attached hydrogens (tertiary/aromatic N) is 2. The number of hydrogen-bond acceptors (Lipinski definition) is 4. The molecule has 0 radical (unpaired) electrons. The zero-order valence-electron chi connectivity index (χ0n) is 16.7. The summed E-state index contributed by atoms with van der Waals surface area (Å²) in [6, 6.07) is 14.9. The average molecular weight is 377 g/mol. The first-order valence-corrected chi connectivity index (χ1v) is 9.99. The lowest BCUT2D eigenvalue weighted by Crippen LogP contribution is -2.41. The number of piperidine rings is 1. The molecule has 0 bridgehead atoms. The van der Waals surface area contributed by atoms with Crippen molar-refractivity contribution in [1.82, 2.24) is 10.3 Å². The number of aromatic nitrogens is 1. The molecule has 1 unspecified atom stereocenters. The number of oxazole rings is 1. The second-order valence-corrected chi connectivity index (χ2v) is 7.82. The second kappa shape index (κ2) is 7.66. The first-order chi connectivity index (χ1) is 13.5. The number of fused-ring (bicyclic) bond motifs is 1. The van der Waals surface area contributed by atoms with Gasteiger partial charge in [-0.15, -0.1) is 0 Å². The molecule has 5 nitrogen and oxygen atoms in total. The van der Waals surface area contributed by atoms with Gasteiger partial charge in [0, 0.05) is 19.0 Å². The molecule has 2 heterocycles. The third-order valence-corrected chi connectivity index (χ3v) is 5.68. The smallest absolute Gasteiger partial charge is 0.298 e. The summed E-state index contributed by atoms with van der Waals surface area (Å²) < 4.78 is 5.86. The van der Waals surface area contributed by atoms with Gasteiger partial charge in [-0.25, -0.2) is 0 Å². The molecule has 5 heteroatoms. The highest BCUT2D eigenvalue weighted by molar-refractivity contribution is 5.79. The van der Waals surface area contributed by atoms with E-state index in [0.717, 1.165) is 37.0 Å². The summed E-state index contributed by atoms with van der Waals surface area (Å²) in [6.07, 6.45) is 1.62. The summed E-state index contributed by atoms with van der Waals surface area (Å²) in [5.74, 6) is 0.179. The maximum absolute atomic E-state index is 12.8. The SMILES string of the molecule is Cc1ccc(C)c(C(C)NC(=O)C2CCN(c3nc4ccccc4o3)CC2)c1. The molecule has 1 N–H and O–H groups in total. The molecule has 28 heavy (non-hydrogen) atoms. The topological polar surface area (TPSA) is 58.4 Å². The van der Waals surface area contributed by atoms with Crippen LogP contribution < -0.4 is 10.2 Å². The molecule has 0 spiro atoms. The molecule has 1 aliphatic rings. The maximum atomic E-state index is 12.8. The van der Waals surface area contributed by atoms with E-state index in [9.17, 15) is 4.79 Å². The van der Waals surface area contributed by atoms with Gasteiger partial charge in [0.2, 0.25) is 5.91 Å². The predicted octanol–water partition coefficient (Wildman–Crippen LogP) is 4.54. The third-order valence-electron chi connectivity index (χ3n) is 5.68. The van der Waals surface area contributed by atoms with Gasteiger partial charge in [-0.3, -0.25) is 4.79 Å². The Hall–Kier alpha value is -2.82. The Morgan fingerprint density at radius 3 is 2.68 bits per heavy atom. The van der Waals surface area contributed by atoms with Crippen LogP contribution in [0.1, 0.15) is 42.5 Å². The Bertz CT molecular complexity index is 953. The van der Waals surface area contributed by atoms with Crippen molar-refractivity contribution in [3.8, 4) is 0 Å². The highest BCUT2D eigenvalue weighted by Gasteiger charge is 2.28. The number of amides is 1. The first kappa shape index (κ1) is 18.5. The van der Waals surface area contributed by atoms with E-state index < -0.39 is 0 Å². The van der Waals surface area contributed by atoms with Gasteiger partial charge in [-0.05, 0) is 56.9 Å². The number of anilines is 1. The highest BCUT2D eigenvalue weighted by atomic mass is 16.4. The van der Waals surface area contributed by atoms with Crippen molar-refractivity contribution in [2.75, 3.05) is 18.0 Å². The van der Waals surface area contributed by atoms with Crippen molar-refractivity contribution in [2.24, 2.45) is 5.92 Å². The zero-order chi connectivity index (χ0) is 19.7. The molecule has 1 saturated heterocycles. The predicted molar refractivity (Wildman–Crippen MR) is 111 cm³/mol. The van der Waals surface area contributed by atoms with Crippen LogP contribution in [0.4, 0.5) is 6.01 Å². The lowest BCUT2D eigenvalue weighted by atomic mass is 9.94. The van der Waals surface area contributed by atoms with E-state index in [1.54, 1.807) is 0 Å². The molecular weight excluding hydrogens is 350 g/mol. The Labute approximate surface area is 165 Å². The van der Waals surface area contributed by atoms with E-state index >= 15 is 0 Å². The Kier molecular flexibility index (Phi) is 5.07. The third kappa shape index (κ3) is 3.75. The van der Waals surface area contributed by atoms with Crippen molar-refractivity contribution in [3.05, 3.63) is 59.2 Å². The van der Waals surface area contributed by atoms with Crippen LogP contribution in [0.5, 0.6) is 0 Å². The lowest BCUT2D eigenvalue weighted by Gasteiger charge is -2.31. The van der Waals surface area contributed by atoms with Crippen molar-refractivity contribution in [2.45, 2.75) is 39.7 Å². The van der Waals surface area contributed by atoms with Gasteiger partial charge in [0.15, 0.2) is 5.58 Å². The van der Waals surface area contributed by atoms with Gasteiger partial charge in [-0.1, -0.05) is 35.9 Å². The summed E-state index contributed by atoms with van der Waals surface area (Å²) in [4.78, 5) is 19.5. The zero-order valence-corrected chi connectivity index (χ0v) is 16.7. The molecule has 1 aliphatic heterocycles. The van der Waals surface area contributed by atoms with Crippen LogP contribution in [-0.2, 0) is 4.79 Å². The maximum Gasteiger partial charge on any atom is 0.298 e. The van der Waals surface area contributed by atoms with Gasteiger partial charge >= 0.3 is 0 Å². The van der Waals surface area contributed by atoms with Crippen molar-refractivity contribution < 1.29 is 9.21 Å². The van der Waals surface area contributed by atoms with Gasteiger partial charge < -0.3 is 14.6 Å². The number of aryl methyl sites for hydroxylation is 2. The highest BCUT2D eigenvalue weighted by Crippen LogP contribution is 2.27. The molecule has 146 valence electrons. The first-order valence-electron chi connectivity index (χ1n) is 9.99. The molecule has 2 aromatic carbocycles. The second-order valence-electron chi connectivity index (χ2n) is 7.82. The van der Waals surface area contributed by atoms with Crippen LogP contribution in [0.15, 0.2) is 46.9 Å². The van der Waals surface area contributed by atoms with Crippen LogP contribution in [-0.4, -0.2) is 24.0 Å². The van der Waals surface area contributed by atoms with Crippen molar-refractivity contribution >= 4 is 23.0 Å².